The van der Waals surface area contributed by atoms with Crippen LogP contribution < -0.4 is 9.62 Å². The van der Waals surface area contributed by atoms with Gasteiger partial charge in [0.05, 0.1) is 20.6 Å². The molecule has 0 aliphatic heterocycles. The molecule has 0 heterocycles. The Balaban J connectivity index is 2.03. The number of hydrogen-bond donors (Lipinski definition) is 1. The molecule has 0 aliphatic rings. The lowest BCUT2D eigenvalue weighted by Crippen LogP contribution is -2.52. The smallest absolute Gasteiger partial charge is 0.264 e. The van der Waals surface area contributed by atoms with E-state index >= 15 is 0 Å². The largest absolute Gasteiger partial charge is 0.352 e. The van der Waals surface area contributed by atoms with Gasteiger partial charge in [0, 0.05) is 12.6 Å². The lowest BCUT2D eigenvalue weighted by Gasteiger charge is -2.32. The summed E-state index contributed by atoms with van der Waals surface area (Å²) in [5, 5.41) is 3.21. The Morgan fingerprint density at radius 1 is 0.865 bits per heavy atom. The fraction of sp³-hybridized carbons (Fsp3) is 0.259. The molecule has 3 aromatic carbocycles. The highest BCUT2D eigenvalue weighted by atomic mass is 35.5. The summed E-state index contributed by atoms with van der Waals surface area (Å²) in [4.78, 5) is 28.0. The second-order valence-corrected chi connectivity index (χ2v) is 11.4. The predicted molar refractivity (Wildman–Crippen MR) is 147 cm³/mol. The van der Waals surface area contributed by atoms with Crippen molar-refractivity contribution in [2.24, 2.45) is 0 Å². The number of benzene rings is 3. The second kappa shape index (κ2) is 12.4. The van der Waals surface area contributed by atoms with E-state index in [1.165, 1.54) is 35.2 Å². The minimum Gasteiger partial charge on any atom is -0.352 e. The van der Waals surface area contributed by atoms with Crippen molar-refractivity contribution in [2.45, 2.75) is 44.3 Å². The Morgan fingerprint density at radius 3 is 2.03 bits per heavy atom. The number of carbonyl (C=O) groups excluding carboxylic acids is 2. The van der Waals surface area contributed by atoms with Crippen LogP contribution in [0.25, 0.3) is 0 Å². The molecule has 0 spiro atoms. The lowest BCUT2D eigenvalue weighted by atomic mass is 10.1. The molecular formula is C27H29Cl2N3O4S. The van der Waals surface area contributed by atoms with E-state index in [4.69, 9.17) is 23.2 Å². The highest BCUT2D eigenvalue weighted by Gasteiger charge is 2.32. The van der Waals surface area contributed by atoms with Crippen molar-refractivity contribution in [3.05, 3.63) is 94.5 Å². The molecule has 1 N–H and O–H groups in total. The van der Waals surface area contributed by atoms with Crippen molar-refractivity contribution in [1.29, 1.82) is 0 Å². The van der Waals surface area contributed by atoms with Gasteiger partial charge in [0.2, 0.25) is 11.8 Å². The number of amides is 2. The Bertz CT molecular complexity index is 1340. The zero-order chi connectivity index (χ0) is 27.2. The number of sulfonamides is 1. The maximum absolute atomic E-state index is 13.8. The number of carbonyl (C=O) groups is 2. The predicted octanol–water partition coefficient (Wildman–Crippen LogP) is 5.13. The number of nitrogens with zero attached hydrogens (tertiary/aromatic N) is 2. The van der Waals surface area contributed by atoms with Gasteiger partial charge in [-0.3, -0.25) is 13.9 Å². The summed E-state index contributed by atoms with van der Waals surface area (Å²) in [6, 6.07) is 20.4. The van der Waals surface area contributed by atoms with E-state index in [1.807, 2.05) is 44.2 Å². The number of rotatable bonds is 10. The summed E-state index contributed by atoms with van der Waals surface area (Å²) >= 11 is 12.3. The number of halogens is 2. The van der Waals surface area contributed by atoms with E-state index in [-0.39, 0.29) is 39.1 Å². The third-order valence-electron chi connectivity index (χ3n) is 5.60. The maximum atomic E-state index is 13.8. The summed E-state index contributed by atoms with van der Waals surface area (Å²) in [7, 11) is -4.17. The topological polar surface area (TPSA) is 86.8 Å². The normalized spacial score (nSPS) is 12.2. The standard InChI is InChI=1S/C27H29Cl2N3O4S/c1-19(2)30-27(34)20(3)31(17-21-10-6-4-7-11-21)26(33)18-32(22-14-15-24(28)25(29)16-22)37(35,36)23-12-8-5-9-13-23/h4-16,19-20H,17-18H2,1-3H3,(H,30,34). The van der Waals surface area contributed by atoms with E-state index in [0.29, 0.717) is 0 Å². The summed E-state index contributed by atoms with van der Waals surface area (Å²) in [6.45, 7) is 4.83. The van der Waals surface area contributed by atoms with Crippen LogP contribution in [0, 0.1) is 0 Å². The van der Waals surface area contributed by atoms with Crippen LogP contribution in [0.1, 0.15) is 26.3 Å². The third kappa shape index (κ3) is 7.25. The molecule has 10 heteroatoms. The number of anilines is 1. The lowest BCUT2D eigenvalue weighted by molar-refractivity contribution is -0.139. The van der Waals surface area contributed by atoms with Gasteiger partial charge in [-0.05, 0) is 56.7 Å². The van der Waals surface area contributed by atoms with Crippen molar-refractivity contribution in [1.82, 2.24) is 10.2 Å². The van der Waals surface area contributed by atoms with Crippen LogP contribution in [-0.4, -0.2) is 43.8 Å². The molecule has 0 saturated carbocycles. The Morgan fingerprint density at radius 2 is 1.46 bits per heavy atom. The fourth-order valence-electron chi connectivity index (χ4n) is 3.66. The van der Waals surface area contributed by atoms with Gasteiger partial charge in [-0.1, -0.05) is 71.7 Å². The first-order chi connectivity index (χ1) is 17.5. The first kappa shape index (κ1) is 28.5. The van der Waals surface area contributed by atoms with Crippen molar-refractivity contribution >= 4 is 50.7 Å². The molecule has 0 saturated heterocycles. The molecule has 2 amide bonds. The first-order valence-electron chi connectivity index (χ1n) is 11.7. The van der Waals surface area contributed by atoms with Gasteiger partial charge in [-0.15, -0.1) is 0 Å². The Kier molecular flexibility index (Phi) is 9.59. The van der Waals surface area contributed by atoms with Crippen molar-refractivity contribution in [2.75, 3.05) is 10.8 Å². The molecule has 0 bridgehead atoms. The van der Waals surface area contributed by atoms with Gasteiger partial charge >= 0.3 is 0 Å². The average molecular weight is 563 g/mol. The molecule has 0 aromatic heterocycles. The monoisotopic (exact) mass is 561 g/mol. The highest BCUT2D eigenvalue weighted by molar-refractivity contribution is 7.92. The quantitative estimate of drug-likeness (QED) is 0.371. The van der Waals surface area contributed by atoms with Gasteiger partial charge in [-0.25, -0.2) is 8.42 Å². The molecule has 37 heavy (non-hydrogen) atoms. The molecule has 0 aliphatic carbocycles. The van der Waals surface area contributed by atoms with E-state index in [0.717, 1.165) is 9.87 Å². The van der Waals surface area contributed by atoms with E-state index in [9.17, 15) is 18.0 Å². The summed E-state index contributed by atoms with van der Waals surface area (Å²) < 4.78 is 28.4. The average Bonchev–Trinajstić information content (AvgIpc) is 2.87. The zero-order valence-corrected chi connectivity index (χ0v) is 23.1. The first-order valence-corrected chi connectivity index (χ1v) is 13.9. The fourth-order valence-corrected chi connectivity index (χ4v) is 5.38. The second-order valence-electron chi connectivity index (χ2n) is 8.77. The molecule has 1 unspecified atom stereocenters. The number of nitrogens with one attached hydrogen (secondary N) is 1. The van der Waals surface area contributed by atoms with E-state index in [1.54, 1.807) is 25.1 Å². The summed E-state index contributed by atoms with van der Waals surface area (Å²) in [6.07, 6.45) is 0. The third-order valence-corrected chi connectivity index (χ3v) is 8.12. The van der Waals surface area contributed by atoms with Crippen LogP contribution in [-0.2, 0) is 26.2 Å². The van der Waals surface area contributed by atoms with Crippen LogP contribution in [0.15, 0.2) is 83.8 Å². The van der Waals surface area contributed by atoms with Crippen LogP contribution in [0.3, 0.4) is 0 Å². The highest BCUT2D eigenvalue weighted by Crippen LogP contribution is 2.30. The van der Waals surface area contributed by atoms with Crippen LogP contribution in [0.4, 0.5) is 5.69 Å². The van der Waals surface area contributed by atoms with Crippen molar-refractivity contribution in [3.63, 3.8) is 0 Å². The number of hydrogen-bond acceptors (Lipinski definition) is 4. The minimum atomic E-state index is -4.17. The summed E-state index contributed by atoms with van der Waals surface area (Å²) in [5.41, 5.74) is 0.970. The molecule has 3 rings (SSSR count). The zero-order valence-electron chi connectivity index (χ0n) is 20.8. The van der Waals surface area contributed by atoms with E-state index in [2.05, 4.69) is 5.32 Å². The molecule has 3 aromatic rings. The molecule has 0 radical (unpaired) electrons. The van der Waals surface area contributed by atoms with Crippen LogP contribution in [0.2, 0.25) is 10.0 Å². The molecule has 7 nitrogen and oxygen atoms in total. The molecule has 0 fully saturated rings. The van der Waals surface area contributed by atoms with Gasteiger partial charge in [0.1, 0.15) is 12.6 Å². The SMILES string of the molecule is CC(C)NC(=O)C(C)N(Cc1ccccc1)C(=O)CN(c1ccc(Cl)c(Cl)c1)S(=O)(=O)c1ccccc1. The van der Waals surface area contributed by atoms with Gasteiger partial charge < -0.3 is 10.2 Å². The molecular weight excluding hydrogens is 533 g/mol. The van der Waals surface area contributed by atoms with Crippen LogP contribution in [0.5, 0.6) is 0 Å². The van der Waals surface area contributed by atoms with Crippen molar-refractivity contribution < 1.29 is 18.0 Å². The summed E-state index contributed by atoms with van der Waals surface area (Å²) in [5.74, 6) is -0.896. The van der Waals surface area contributed by atoms with Gasteiger partial charge in [-0.2, -0.15) is 0 Å². The molecule has 196 valence electrons. The van der Waals surface area contributed by atoms with Gasteiger partial charge in [0.15, 0.2) is 0 Å². The maximum Gasteiger partial charge on any atom is 0.264 e. The van der Waals surface area contributed by atoms with Gasteiger partial charge in [0.25, 0.3) is 10.0 Å². The van der Waals surface area contributed by atoms with E-state index < -0.39 is 28.5 Å². The molecule has 1 atom stereocenters. The minimum absolute atomic E-state index is 0.00841. The van der Waals surface area contributed by atoms with Crippen molar-refractivity contribution in [3.8, 4) is 0 Å². The Labute approximate surface area is 228 Å². The Hall–Kier alpha value is -3.07. The van der Waals surface area contributed by atoms with Crippen LogP contribution >= 0.6 is 23.2 Å².